The molecule has 1 heterocycles. The molecule has 21 heavy (non-hydrogen) atoms. The van der Waals surface area contributed by atoms with Crippen molar-refractivity contribution in [1.29, 1.82) is 0 Å². The lowest BCUT2D eigenvalue weighted by Gasteiger charge is -2.13. The lowest BCUT2D eigenvalue weighted by molar-refractivity contribution is 0.357. The second kappa shape index (κ2) is 6.31. The molecule has 3 rings (SSSR count). The van der Waals surface area contributed by atoms with Crippen LogP contribution in [0.3, 0.4) is 0 Å². The molecular weight excluding hydrogens is 258 g/mol. The van der Waals surface area contributed by atoms with Gasteiger partial charge in [-0.25, -0.2) is 0 Å². The van der Waals surface area contributed by atoms with Crippen molar-refractivity contribution in [2.45, 2.75) is 38.6 Å². The number of ether oxygens (including phenoxy) is 1. The first kappa shape index (κ1) is 14.2. The van der Waals surface area contributed by atoms with Crippen molar-refractivity contribution in [3.05, 3.63) is 64.7 Å². The molecule has 2 N–H and O–H groups in total. The molecule has 0 saturated carbocycles. The number of benzene rings is 2. The number of aryl methyl sites for hydroxylation is 2. The molecule has 2 aromatic carbocycles. The van der Waals surface area contributed by atoms with E-state index in [0.29, 0.717) is 0 Å². The summed E-state index contributed by atoms with van der Waals surface area (Å²) >= 11 is 0. The number of fused-ring (bicyclic) bond motifs is 1. The minimum Gasteiger partial charge on any atom is -0.493 e. The van der Waals surface area contributed by atoms with E-state index in [0.717, 1.165) is 38.0 Å². The Morgan fingerprint density at radius 2 is 1.86 bits per heavy atom. The largest absolute Gasteiger partial charge is 0.493 e. The molecule has 2 heteroatoms. The Morgan fingerprint density at radius 1 is 1.10 bits per heavy atom. The summed E-state index contributed by atoms with van der Waals surface area (Å²) in [4.78, 5) is 0. The Hall–Kier alpha value is -1.80. The number of nitrogens with two attached hydrogens (primary N) is 1. The Labute approximate surface area is 126 Å². The molecule has 0 aromatic heterocycles. The fourth-order valence-corrected chi connectivity index (χ4v) is 2.88. The summed E-state index contributed by atoms with van der Waals surface area (Å²) in [5.41, 5.74) is 11.6. The molecule has 0 aliphatic carbocycles. The average Bonchev–Trinajstić information content (AvgIpc) is 3.00. The van der Waals surface area contributed by atoms with Crippen molar-refractivity contribution in [1.82, 2.24) is 0 Å². The third-order valence-corrected chi connectivity index (χ3v) is 4.31. The van der Waals surface area contributed by atoms with E-state index in [1.807, 2.05) is 0 Å². The summed E-state index contributed by atoms with van der Waals surface area (Å²) in [5.74, 6) is 1.05. The first-order valence-electron chi connectivity index (χ1n) is 7.85. The van der Waals surface area contributed by atoms with Crippen molar-refractivity contribution in [3.63, 3.8) is 0 Å². The van der Waals surface area contributed by atoms with E-state index in [2.05, 4.69) is 49.4 Å². The van der Waals surface area contributed by atoms with Crippen LogP contribution in [-0.4, -0.2) is 6.61 Å². The van der Waals surface area contributed by atoms with Gasteiger partial charge in [0.25, 0.3) is 0 Å². The molecule has 110 valence electrons. The predicted octanol–water partition coefficient (Wildman–Crippen LogP) is 3.82. The van der Waals surface area contributed by atoms with Crippen LogP contribution >= 0.6 is 0 Å². The van der Waals surface area contributed by atoms with Gasteiger partial charge in [-0.2, -0.15) is 0 Å². The smallest absolute Gasteiger partial charge is 0.122 e. The Morgan fingerprint density at radius 3 is 2.62 bits per heavy atom. The molecule has 1 atom stereocenters. The van der Waals surface area contributed by atoms with Gasteiger partial charge in [0.05, 0.1) is 6.61 Å². The topological polar surface area (TPSA) is 35.2 Å². The van der Waals surface area contributed by atoms with E-state index in [9.17, 15) is 0 Å². The van der Waals surface area contributed by atoms with Crippen LogP contribution in [0, 0.1) is 0 Å². The maximum absolute atomic E-state index is 6.32. The van der Waals surface area contributed by atoms with Crippen LogP contribution in [0.25, 0.3) is 0 Å². The zero-order chi connectivity index (χ0) is 14.7. The first-order chi connectivity index (χ1) is 10.3. The van der Waals surface area contributed by atoms with Crippen LogP contribution in [-0.2, 0) is 19.3 Å². The minimum atomic E-state index is 0.111. The van der Waals surface area contributed by atoms with Gasteiger partial charge in [0, 0.05) is 12.5 Å². The van der Waals surface area contributed by atoms with Gasteiger partial charge in [-0.3, -0.25) is 0 Å². The number of hydrogen-bond donors (Lipinski definition) is 1. The van der Waals surface area contributed by atoms with Crippen molar-refractivity contribution < 1.29 is 4.74 Å². The maximum Gasteiger partial charge on any atom is 0.122 e. The van der Waals surface area contributed by atoms with Crippen LogP contribution in [0.1, 0.15) is 41.6 Å². The van der Waals surface area contributed by atoms with Crippen LogP contribution in [0.4, 0.5) is 0 Å². The van der Waals surface area contributed by atoms with Gasteiger partial charge in [0.15, 0.2) is 0 Å². The van der Waals surface area contributed by atoms with Gasteiger partial charge >= 0.3 is 0 Å². The van der Waals surface area contributed by atoms with E-state index in [1.165, 1.54) is 22.3 Å². The van der Waals surface area contributed by atoms with Gasteiger partial charge in [-0.05, 0) is 47.6 Å². The van der Waals surface area contributed by atoms with E-state index < -0.39 is 0 Å². The van der Waals surface area contributed by atoms with E-state index in [-0.39, 0.29) is 6.04 Å². The average molecular weight is 281 g/mol. The maximum atomic E-state index is 6.32. The third kappa shape index (κ3) is 3.27. The second-order valence-corrected chi connectivity index (χ2v) is 5.78. The molecule has 1 unspecified atom stereocenters. The minimum absolute atomic E-state index is 0.111. The molecule has 2 aromatic rings. The molecule has 0 spiro atoms. The lowest BCUT2D eigenvalue weighted by Crippen LogP contribution is -2.11. The molecule has 2 nitrogen and oxygen atoms in total. The SMILES string of the molecule is CCc1ccc(C(N)CCc2ccc3c(c2)CCO3)cc1. The van der Waals surface area contributed by atoms with Crippen molar-refractivity contribution in [2.75, 3.05) is 6.61 Å². The molecule has 0 radical (unpaired) electrons. The Kier molecular flexibility index (Phi) is 4.26. The van der Waals surface area contributed by atoms with Gasteiger partial charge < -0.3 is 10.5 Å². The zero-order valence-electron chi connectivity index (χ0n) is 12.6. The third-order valence-electron chi connectivity index (χ3n) is 4.31. The summed E-state index contributed by atoms with van der Waals surface area (Å²) in [6.45, 7) is 2.99. The van der Waals surface area contributed by atoms with Crippen molar-refractivity contribution in [2.24, 2.45) is 5.73 Å². The van der Waals surface area contributed by atoms with Crippen LogP contribution < -0.4 is 10.5 Å². The monoisotopic (exact) mass is 281 g/mol. The number of rotatable bonds is 5. The van der Waals surface area contributed by atoms with Crippen LogP contribution in [0.2, 0.25) is 0 Å². The molecule has 1 aliphatic heterocycles. The summed E-state index contributed by atoms with van der Waals surface area (Å²) in [6.07, 6.45) is 4.11. The van der Waals surface area contributed by atoms with Gasteiger partial charge in [-0.15, -0.1) is 0 Å². The molecule has 0 saturated heterocycles. The summed E-state index contributed by atoms with van der Waals surface area (Å²) in [6, 6.07) is 15.3. The summed E-state index contributed by atoms with van der Waals surface area (Å²) in [5, 5.41) is 0. The normalized spacial score (nSPS) is 14.6. The fraction of sp³-hybridized carbons (Fsp3) is 0.368. The predicted molar refractivity (Wildman–Crippen MR) is 86.7 cm³/mol. The highest BCUT2D eigenvalue weighted by atomic mass is 16.5. The summed E-state index contributed by atoms with van der Waals surface area (Å²) in [7, 11) is 0. The molecular formula is C19H23NO. The number of hydrogen-bond acceptors (Lipinski definition) is 2. The van der Waals surface area contributed by atoms with E-state index >= 15 is 0 Å². The highest BCUT2D eigenvalue weighted by molar-refractivity contribution is 5.40. The quantitative estimate of drug-likeness (QED) is 0.904. The zero-order valence-corrected chi connectivity index (χ0v) is 12.6. The lowest BCUT2D eigenvalue weighted by atomic mass is 9.97. The highest BCUT2D eigenvalue weighted by Crippen LogP contribution is 2.27. The van der Waals surface area contributed by atoms with Gasteiger partial charge in [0.1, 0.15) is 5.75 Å². The highest BCUT2D eigenvalue weighted by Gasteiger charge is 2.12. The van der Waals surface area contributed by atoms with E-state index in [1.54, 1.807) is 0 Å². The molecule has 0 amide bonds. The standard InChI is InChI=1S/C19H23NO/c1-2-14-3-7-16(8-4-14)18(20)9-5-15-6-10-19-17(13-15)11-12-21-19/h3-4,6-8,10,13,18H,2,5,9,11-12,20H2,1H3. The summed E-state index contributed by atoms with van der Waals surface area (Å²) < 4.78 is 5.55. The molecule has 0 fully saturated rings. The Balaban J connectivity index is 1.61. The van der Waals surface area contributed by atoms with Crippen LogP contribution in [0.15, 0.2) is 42.5 Å². The second-order valence-electron chi connectivity index (χ2n) is 5.78. The van der Waals surface area contributed by atoms with Crippen molar-refractivity contribution >= 4 is 0 Å². The van der Waals surface area contributed by atoms with E-state index in [4.69, 9.17) is 10.5 Å². The van der Waals surface area contributed by atoms with Gasteiger partial charge in [0.2, 0.25) is 0 Å². The Bertz CT molecular complexity index is 603. The van der Waals surface area contributed by atoms with Crippen molar-refractivity contribution in [3.8, 4) is 5.75 Å². The molecule has 1 aliphatic rings. The van der Waals surface area contributed by atoms with Gasteiger partial charge in [-0.1, -0.05) is 43.3 Å². The fourth-order valence-electron chi connectivity index (χ4n) is 2.88. The van der Waals surface area contributed by atoms with Crippen LogP contribution in [0.5, 0.6) is 5.75 Å². The first-order valence-corrected chi connectivity index (χ1v) is 7.85. The molecule has 0 bridgehead atoms.